The third kappa shape index (κ3) is 3.09. The normalized spacial score (nSPS) is 10.2. The smallest absolute Gasteiger partial charge is 0.203 e. The lowest BCUT2D eigenvalue weighted by Gasteiger charge is -2.13. The Bertz CT molecular complexity index is 540. The van der Waals surface area contributed by atoms with Crippen LogP contribution < -0.4 is 19.9 Å². The number of ether oxygens (including phenoxy) is 3. The van der Waals surface area contributed by atoms with Gasteiger partial charge >= 0.3 is 0 Å². The summed E-state index contributed by atoms with van der Waals surface area (Å²) in [6.45, 7) is 1.07. The van der Waals surface area contributed by atoms with E-state index in [1.165, 1.54) is 0 Å². The highest BCUT2D eigenvalue weighted by Gasteiger charge is 2.10. The molecule has 0 saturated carbocycles. The van der Waals surface area contributed by atoms with E-state index in [1.807, 2.05) is 18.2 Å². The van der Waals surface area contributed by atoms with Gasteiger partial charge in [-0.2, -0.15) is 5.10 Å². The molecule has 0 amide bonds. The highest BCUT2D eigenvalue weighted by atomic mass is 16.5. The van der Waals surface area contributed by atoms with Gasteiger partial charge in [0.2, 0.25) is 5.75 Å². The van der Waals surface area contributed by atoms with Crippen LogP contribution in [-0.2, 0) is 6.54 Å². The number of aromatic nitrogens is 2. The summed E-state index contributed by atoms with van der Waals surface area (Å²) in [7, 11) is 3.17. The van der Waals surface area contributed by atoms with E-state index in [0.717, 1.165) is 0 Å². The molecule has 6 nitrogen and oxygen atoms in total. The van der Waals surface area contributed by atoms with Crippen molar-refractivity contribution in [2.24, 2.45) is 0 Å². The molecule has 1 aromatic carbocycles. The van der Waals surface area contributed by atoms with Gasteiger partial charge < -0.3 is 19.9 Å². The average molecular weight is 263 g/mol. The third-order valence-electron chi connectivity index (χ3n) is 2.60. The van der Waals surface area contributed by atoms with Crippen molar-refractivity contribution in [3.05, 3.63) is 30.6 Å². The summed E-state index contributed by atoms with van der Waals surface area (Å²) in [6.07, 6.45) is 3.36. The fourth-order valence-electron chi connectivity index (χ4n) is 1.72. The minimum atomic E-state index is 0.463. The van der Waals surface area contributed by atoms with Crippen molar-refractivity contribution in [2.75, 3.05) is 26.6 Å². The zero-order chi connectivity index (χ0) is 13.7. The summed E-state index contributed by atoms with van der Waals surface area (Å²) in [5.74, 6) is 1.87. The van der Waals surface area contributed by atoms with Gasteiger partial charge in [-0.1, -0.05) is 6.07 Å². The quantitative estimate of drug-likeness (QED) is 0.856. The van der Waals surface area contributed by atoms with Crippen molar-refractivity contribution in [3.8, 4) is 17.2 Å². The first-order chi connectivity index (χ1) is 9.24. The van der Waals surface area contributed by atoms with Crippen LogP contribution >= 0.6 is 0 Å². The molecular weight excluding hydrogens is 246 g/mol. The minimum Gasteiger partial charge on any atom is -0.493 e. The van der Waals surface area contributed by atoms with Crippen LogP contribution in [0.5, 0.6) is 17.2 Å². The van der Waals surface area contributed by atoms with Gasteiger partial charge in [-0.05, 0) is 12.1 Å². The zero-order valence-corrected chi connectivity index (χ0v) is 11.0. The van der Waals surface area contributed by atoms with Gasteiger partial charge in [0.05, 0.1) is 32.6 Å². The van der Waals surface area contributed by atoms with Crippen molar-refractivity contribution in [2.45, 2.75) is 6.54 Å². The fraction of sp³-hybridized carbons (Fsp3) is 0.308. The largest absolute Gasteiger partial charge is 0.493 e. The third-order valence-corrected chi connectivity index (χ3v) is 2.60. The molecule has 2 rings (SSSR count). The van der Waals surface area contributed by atoms with E-state index in [-0.39, 0.29) is 0 Å². The van der Waals surface area contributed by atoms with E-state index in [2.05, 4.69) is 5.10 Å². The van der Waals surface area contributed by atoms with Crippen molar-refractivity contribution < 1.29 is 14.2 Å². The lowest BCUT2D eigenvalue weighted by molar-refractivity contribution is 0.267. The predicted molar refractivity (Wildman–Crippen MR) is 71.7 cm³/mol. The first-order valence-electron chi connectivity index (χ1n) is 5.86. The number of hydrogen-bond donors (Lipinski definition) is 1. The number of nitrogen functional groups attached to an aromatic ring is 1. The molecule has 0 bridgehead atoms. The number of rotatable bonds is 6. The van der Waals surface area contributed by atoms with Crippen molar-refractivity contribution in [1.29, 1.82) is 0 Å². The lowest BCUT2D eigenvalue weighted by Crippen LogP contribution is -2.09. The van der Waals surface area contributed by atoms with Gasteiger partial charge in [0.25, 0.3) is 0 Å². The summed E-state index contributed by atoms with van der Waals surface area (Å²) >= 11 is 0. The molecule has 6 heteroatoms. The Labute approximate surface area is 111 Å². The van der Waals surface area contributed by atoms with Gasteiger partial charge in [0, 0.05) is 6.20 Å². The highest BCUT2D eigenvalue weighted by molar-refractivity contribution is 5.50. The zero-order valence-electron chi connectivity index (χ0n) is 11.0. The summed E-state index contributed by atoms with van der Waals surface area (Å²) < 4.78 is 17.9. The van der Waals surface area contributed by atoms with Gasteiger partial charge in [0.15, 0.2) is 11.5 Å². The topological polar surface area (TPSA) is 71.5 Å². The molecule has 2 N–H and O–H groups in total. The molecule has 1 aromatic heterocycles. The van der Waals surface area contributed by atoms with Crippen LogP contribution in [-0.4, -0.2) is 30.6 Å². The molecule has 2 aromatic rings. The molecule has 0 fully saturated rings. The second-order valence-corrected chi connectivity index (χ2v) is 3.88. The molecule has 19 heavy (non-hydrogen) atoms. The van der Waals surface area contributed by atoms with E-state index in [9.17, 15) is 0 Å². The number of anilines is 1. The summed E-state index contributed by atoms with van der Waals surface area (Å²) in [5, 5.41) is 4.08. The van der Waals surface area contributed by atoms with Crippen molar-refractivity contribution >= 4 is 5.69 Å². The van der Waals surface area contributed by atoms with Gasteiger partial charge in [0.1, 0.15) is 6.61 Å². The van der Waals surface area contributed by atoms with Crippen LogP contribution in [0.25, 0.3) is 0 Å². The summed E-state index contributed by atoms with van der Waals surface area (Å²) in [4.78, 5) is 0. The lowest BCUT2D eigenvalue weighted by atomic mass is 10.3. The van der Waals surface area contributed by atoms with Crippen LogP contribution in [0.15, 0.2) is 30.6 Å². The van der Waals surface area contributed by atoms with Crippen LogP contribution in [0.4, 0.5) is 5.69 Å². The second kappa shape index (κ2) is 5.99. The van der Waals surface area contributed by atoms with E-state index < -0.39 is 0 Å². The molecule has 102 valence electrons. The minimum absolute atomic E-state index is 0.463. The second-order valence-electron chi connectivity index (χ2n) is 3.88. The SMILES string of the molecule is COc1cccc(OCCn2cc(N)cn2)c1OC. The van der Waals surface area contributed by atoms with Crippen molar-refractivity contribution in [3.63, 3.8) is 0 Å². The molecule has 1 heterocycles. The Kier molecular flexibility index (Phi) is 4.12. The number of para-hydroxylation sites is 1. The summed E-state index contributed by atoms with van der Waals surface area (Å²) in [6, 6.07) is 5.50. The summed E-state index contributed by atoms with van der Waals surface area (Å²) in [5.41, 5.74) is 6.22. The monoisotopic (exact) mass is 263 g/mol. The Morgan fingerprint density at radius 2 is 2.00 bits per heavy atom. The molecule has 0 aliphatic carbocycles. The number of nitrogens with two attached hydrogens (primary N) is 1. The highest BCUT2D eigenvalue weighted by Crippen LogP contribution is 2.36. The average Bonchev–Trinajstić information content (AvgIpc) is 2.84. The maximum atomic E-state index is 5.68. The van der Waals surface area contributed by atoms with Crippen LogP contribution in [0.1, 0.15) is 0 Å². The van der Waals surface area contributed by atoms with Gasteiger partial charge in [-0.25, -0.2) is 0 Å². The number of hydrogen-bond acceptors (Lipinski definition) is 5. The molecule has 0 atom stereocenters. The molecule has 0 spiro atoms. The number of nitrogens with zero attached hydrogens (tertiary/aromatic N) is 2. The first kappa shape index (κ1) is 13.1. The molecule has 0 saturated heterocycles. The van der Waals surface area contributed by atoms with E-state index >= 15 is 0 Å². The van der Waals surface area contributed by atoms with Crippen LogP contribution in [0.3, 0.4) is 0 Å². The Hall–Kier alpha value is -2.37. The van der Waals surface area contributed by atoms with E-state index in [4.69, 9.17) is 19.9 Å². The molecular formula is C13H17N3O3. The van der Waals surface area contributed by atoms with Gasteiger partial charge in [-0.15, -0.1) is 0 Å². The van der Waals surface area contributed by atoms with Gasteiger partial charge in [-0.3, -0.25) is 4.68 Å². The first-order valence-corrected chi connectivity index (χ1v) is 5.86. The number of benzene rings is 1. The standard InChI is InChI=1S/C13H17N3O3/c1-17-11-4-3-5-12(13(11)18-2)19-7-6-16-9-10(14)8-15-16/h3-5,8-9H,6-7,14H2,1-2H3. The Morgan fingerprint density at radius 3 is 2.63 bits per heavy atom. The maximum absolute atomic E-state index is 5.68. The molecule has 0 unspecified atom stereocenters. The van der Waals surface area contributed by atoms with E-state index in [0.29, 0.717) is 36.1 Å². The molecule has 0 aliphatic rings. The number of methoxy groups -OCH3 is 2. The molecule has 0 aliphatic heterocycles. The predicted octanol–water partition coefficient (Wildman–Crippen LogP) is 1.56. The van der Waals surface area contributed by atoms with Crippen LogP contribution in [0, 0.1) is 0 Å². The Morgan fingerprint density at radius 1 is 1.21 bits per heavy atom. The van der Waals surface area contributed by atoms with Crippen molar-refractivity contribution in [1.82, 2.24) is 9.78 Å². The molecule has 0 radical (unpaired) electrons. The van der Waals surface area contributed by atoms with E-state index in [1.54, 1.807) is 31.3 Å². The maximum Gasteiger partial charge on any atom is 0.203 e. The Balaban J connectivity index is 1.99. The van der Waals surface area contributed by atoms with Crippen LogP contribution in [0.2, 0.25) is 0 Å². The fourth-order valence-corrected chi connectivity index (χ4v) is 1.72.